The number of esters is 1. The van der Waals surface area contributed by atoms with Crippen molar-refractivity contribution in [3.05, 3.63) is 65.2 Å². The summed E-state index contributed by atoms with van der Waals surface area (Å²) in [4.78, 5) is 24.7. The molecule has 136 valence electrons. The third kappa shape index (κ3) is 4.43. The Morgan fingerprint density at radius 1 is 0.962 bits per heavy atom. The number of ketones is 1. The number of ether oxygens (including phenoxy) is 2. The highest BCUT2D eigenvalue weighted by Gasteiger charge is 2.22. The molecule has 2 aromatic rings. The summed E-state index contributed by atoms with van der Waals surface area (Å²) in [7, 11) is 1.57. The zero-order valence-electron chi connectivity index (χ0n) is 14.6. The van der Waals surface area contributed by atoms with Crippen LogP contribution in [0.3, 0.4) is 0 Å². The molecule has 2 aromatic carbocycles. The fourth-order valence-corrected chi connectivity index (χ4v) is 5.46. The van der Waals surface area contributed by atoms with Crippen LogP contribution < -0.4 is 4.74 Å². The fraction of sp³-hybridized carbons (Fsp3) is 0.300. The summed E-state index contributed by atoms with van der Waals surface area (Å²) in [6.07, 6.45) is -0.850. The number of carbonyl (C=O) groups is 2. The third-order valence-electron chi connectivity index (χ3n) is 4.07. The quantitative estimate of drug-likeness (QED) is 0.532. The van der Waals surface area contributed by atoms with Gasteiger partial charge >= 0.3 is 5.97 Å². The van der Waals surface area contributed by atoms with E-state index in [9.17, 15) is 9.59 Å². The van der Waals surface area contributed by atoms with Crippen LogP contribution >= 0.6 is 23.5 Å². The Morgan fingerprint density at radius 3 is 2.12 bits per heavy atom. The first-order valence-corrected chi connectivity index (χ1v) is 10.4. The maximum absolute atomic E-state index is 12.4. The molecule has 0 spiro atoms. The molecule has 4 nitrogen and oxygen atoms in total. The normalized spacial score (nSPS) is 15.5. The van der Waals surface area contributed by atoms with Gasteiger partial charge in [-0.3, -0.25) is 4.79 Å². The molecule has 1 aliphatic heterocycles. The van der Waals surface area contributed by atoms with Crippen LogP contribution in [0.4, 0.5) is 0 Å². The third-order valence-corrected chi connectivity index (χ3v) is 7.17. The van der Waals surface area contributed by atoms with Crippen LogP contribution in [0.1, 0.15) is 37.8 Å². The number of methoxy groups -OCH3 is 1. The fourth-order valence-electron chi connectivity index (χ4n) is 2.60. The Labute approximate surface area is 161 Å². The number of thioether (sulfide) groups is 2. The Kier molecular flexibility index (Phi) is 6.27. The summed E-state index contributed by atoms with van der Waals surface area (Å²) in [6.45, 7) is 1.59. The summed E-state index contributed by atoms with van der Waals surface area (Å²) in [6, 6.07) is 14.2. The highest BCUT2D eigenvalue weighted by atomic mass is 32.2. The Bertz CT molecular complexity index is 765. The number of carbonyl (C=O) groups excluding carboxylic acids is 2. The van der Waals surface area contributed by atoms with Crippen molar-refractivity contribution >= 4 is 35.3 Å². The summed E-state index contributed by atoms with van der Waals surface area (Å²) in [5, 5.41) is 0. The van der Waals surface area contributed by atoms with E-state index in [0.717, 1.165) is 11.5 Å². The molecule has 0 N–H and O–H groups in total. The largest absolute Gasteiger partial charge is 0.497 e. The second kappa shape index (κ2) is 8.64. The molecule has 0 bridgehead atoms. The molecule has 6 heteroatoms. The van der Waals surface area contributed by atoms with E-state index in [1.807, 2.05) is 35.7 Å². The molecule has 1 saturated heterocycles. The lowest BCUT2D eigenvalue weighted by Crippen LogP contribution is -2.24. The van der Waals surface area contributed by atoms with Gasteiger partial charge in [-0.1, -0.05) is 12.1 Å². The molecule has 3 rings (SSSR count). The average Bonchev–Trinajstić information content (AvgIpc) is 3.22. The van der Waals surface area contributed by atoms with Crippen LogP contribution in [-0.2, 0) is 4.74 Å². The molecule has 26 heavy (non-hydrogen) atoms. The second-order valence-corrected chi connectivity index (χ2v) is 8.56. The topological polar surface area (TPSA) is 52.6 Å². The molecule has 0 saturated carbocycles. The van der Waals surface area contributed by atoms with Gasteiger partial charge in [0.25, 0.3) is 0 Å². The lowest BCUT2D eigenvalue weighted by Gasteiger charge is -2.13. The van der Waals surface area contributed by atoms with E-state index < -0.39 is 12.1 Å². The molecule has 0 aromatic heterocycles. The summed E-state index contributed by atoms with van der Waals surface area (Å²) in [5.74, 6) is 2.26. The van der Waals surface area contributed by atoms with Crippen LogP contribution in [-0.4, -0.2) is 36.5 Å². The zero-order valence-corrected chi connectivity index (χ0v) is 16.3. The van der Waals surface area contributed by atoms with E-state index in [1.165, 1.54) is 5.56 Å². The molecular weight excluding hydrogens is 368 g/mol. The van der Waals surface area contributed by atoms with Gasteiger partial charge < -0.3 is 9.47 Å². The van der Waals surface area contributed by atoms with Crippen molar-refractivity contribution in [3.63, 3.8) is 0 Å². The van der Waals surface area contributed by atoms with E-state index >= 15 is 0 Å². The molecular formula is C20H20O4S2. The van der Waals surface area contributed by atoms with Crippen LogP contribution in [0, 0.1) is 0 Å². The number of rotatable bonds is 6. The molecule has 0 amide bonds. The van der Waals surface area contributed by atoms with E-state index in [-0.39, 0.29) is 5.78 Å². The molecule has 1 fully saturated rings. The van der Waals surface area contributed by atoms with Crippen LogP contribution in [0.5, 0.6) is 5.75 Å². The first-order valence-electron chi connectivity index (χ1n) is 8.31. The van der Waals surface area contributed by atoms with Gasteiger partial charge in [0.05, 0.1) is 17.3 Å². The lowest BCUT2D eigenvalue weighted by molar-refractivity contribution is 0.0319. The first-order chi connectivity index (χ1) is 12.6. The Balaban J connectivity index is 1.61. The SMILES string of the molecule is COc1ccc(C(=O)[C@@H](C)OC(=O)c2ccc(C3SCCS3)cc2)cc1. The molecule has 1 aliphatic rings. The first kappa shape index (κ1) is 18.9. The van der Waals surface area contributed by atoms with Crippen LogP contribution in [0.25, 0.3) is 0 Å². The van der Waals surface area contributed by atoms with Crippen molar-refractivity contribution in [2.45, 2.75) is 17.6 Å². The Hall–Kier alpha value is -1.92. The van der Waals surface area contributed by atoms with E-state index in [1.54, 1.807) is 50.4 Å². The number of hydrogen-bond acceptors (Lipinski definition) is 6. The number of hydrogen-bond donors (Lipinski definition) is 0. The molecule has 0 unspecified atom stereocenters. The predicted octanol–water partition coefficient (Wildman–Crippen LogP) is 4.60. The highest BCUT2D eigenvalue weighted by molar-refractivity contribution is 8.19. The number of Topliss-reactive ketones (excluding diaryl/α,β-unsaturated/α-hetero) is 1. The van der Waals surface area contributed by atoms with E-state index in [2.05, 4.69) is 0 Å². The van der Waals surface area contributed by atoms with Crippen molar-refractivity contribution in [3.8, 4) is 5.75 Å². The number of benzene rings is 2. The van der Waals surface area contributed by atoms with Crippen LogP contribution in [0.15, 0.2) is 48.5 Å². The lowest BCUT2D eigenvalue weighted by atomic mass is 10.1. The monoisotopic (exact) mass is 388 g/mol. The maximum Gasteiger partial charge on any atom is 0.338 e. The second-order valence-electron chi connectivity index (χ2n) is 5.84. The smallest absolute Gasteiger partial charge is 0.338 e. The van der Waals surface area contributed by atoms with Crippen molar-refractivity contribution in [2.75, 3.05) is 18.6 Å². The summed E-state index contributed by atoms with van der Waals surface area (Å²) in [5.41, 5.74) is 2.14. The van der Waals surface area contributed by atoms with Crippen molar-refractivity contribution < 1.29 is 19.1 Å². The van der Waals surface area contributed by atoms with Crippen molar-refractivity contribution in [2.24, 2.45) is 0 Å². The van der Waals surface area contributed by atoms with Crippen molar-refractivity contribution in [1.82, 2.24) is 0 Å². The van der Waals surface area contributed by atoms with Gasteiger partial charge in [-0.05, 0) is 48.9 Å². The van der Waals surface area contributed by atoms with Gasteiger partial charge in [0.1, 0.15) is 5.75 Å². The summed E-state index contributed by atoms with van der Waals surface area (Å²) < 4.78 is 10.9. The standard InChI is InChI=1S/C20H20O4S2/c1-13(18(21)14-7-9-17(23-2)10-8-14)24-19(22)15-3-5-16(6-4-15)20-25-11-12-26-20/h3-10,13,20H,11-12H2,1-2H3/t13-/m1/s1. The van der Waals surface area contributed by atoms with Gasteiger partial charge in [-0.25, -0.2) is 4.79 Å². The zero-order chi connectivity index (χ0) is 18.5. The van der Waals surface area contributed by atoms with E-state index in [4.69, 9.17) is 9.47 Å². The van der Waals surface area contributed by atoms with Gasteiger partial charge in [-0.15, -0.1) is 23.5 Å². The maximum atomic E-state index is 12.4. The van der Waals surface area contributed by atoms with Crippen molar-refractivity contribution in [1.29, 1.82) is 0 Å². The molecule has 1 heterocycles. The Morgan fingerprint density at radius 2 is 1.54 bits per heavy atom. The van der Waals surface area contributed by atoms with Gasteiger partial charge in [0.2, 0.25) is 5.78 Å². The minimum Gasteiger partial charge on any atom is -0.497 e. The van der Waals surface area contributed by atoms with Crippen LogP contribution in [0.2, 0.25) is 0 Å². The molecule has 0 radical (unpaired) electrons. The average molecular weight is 389 g/mol. The minimum atomic E-state index is -0.850. The predicted molar refractivity (Wildman–Crippen MR) is 106 cm³/mol. The molecule has 0 aliphatic carbocycles. The van der Waals surface area contributed by atoms with E-state index in [0.29, 0.717) is 21.5 Å². The van der Waals surface area contributed by atoms with Gasteiger partial charge in [-0.2, -0.15) is 0 Å². The molecule has 1 atom stereocenters. The minimum absolute atomic E-state index is 0.239. The highest BCUT2D eigenvalue weighted by Crippen LogP contribution is 2.45. The van der Waals surface area contributed by atoms with Gasteiger partial charge in [0.15, 0.2) is 6.10 Å². The summed E-state index contributed by atoms with van der Waals surface area (Å²) >= 11 is 3.84. The van der Waals surface area contributed by atoms with Gasteiger partial charge in [0, 0.05) is 17.1 Å².